The number of fused-ring (bicyclic) bond motifs is 6. The summed E-state index contributed by atoms with van der Waals surface area (Å²) in [5.41, 5.74) is 9.67. The summed E-state index contributed by atoms with van der Waals surface area (Å²) in [4.78, 5) is 2.39. The number of nitrogens with zero attached hydrogens (tertiary/aromatic N) is 1. The zero-order valence-electron chi connectivity index (χ0n) is 25.1. The summed E-state index contributed by atoms with van der Waals surface area (Å²) in [5.74, 6) is 0. The number of rotatable bonds is 5. The fourth-order valence-corrected chi connectivity index (χ4v) is 6.90. The molecule has 0 atom stereocenters. The van der Waals surface area contributed by atoms with E-state index in [2.05, 4.69) is 175 Å². The Morgan fingerprint density at radius 3 is 1.85 bits per heavy atom. The van der Waals surface area contributed by atoms with Crippen molar-refractivity contribution in [3.05, 3.63) is 176 Å². The Hall–Kier alpha value is -6.12. The fraction of sp³-hybridized carbons (Fsp3) is 0. The SMILES string of the molecule is c1ccc(-c2ccc(-c3ccc(N(c4ccccc4)c4cccc5c4ccc4ccccc45)c4c3oc3ccccc34)cc2)cc1. The molecule has 0 saturated carbocycles. The van der Waals surface area contributed by atoms with Crippen LogP contribution in [-0.2, 0) is 0 Å². The van der Waals surface area contributed by atoms with E-state index in [1.807, 2.05) is 6.07 Å². The second-order valence-electron chi connectivity index (χ2n) is 11.7. The van der Waals surface area contributed by atoms with E-state index >= 15 is 0 Å². The normalized spacial score (nSPS) is 11.5. The Bertz CT molecular complexity index is 2510. The molecular weight excluding hydrogens is 558 g/mol. The maximum absolute atomic E-state index is 6.73. The van der Waals surface area contributed by atoms with Crippen molar-refractivity contribution in [3.63, 3.8) is 0 Å². The lowest BCUT2D eigenvalue weighted by Crippen LogP contribution is -2.11. The van der Waals surface area contributed by atoms with Crippen molar-refractivity contribution in [2.24, 2.45) is 0 Å². The van der Waals surface area contributed by atoms with Gasteiger partial charge in [0.15, 0.2) is 0 Å². The van der Waals surface area contributed by atoms with E-state index in [0.29, 0.717) is 0 Å². The largest absolute Gasteiger partial charge is 0.455 e. The van der Waals surface area contributed by atoms with Crippen molar-refractivity contribution in [1.82, 2.24) is 0 Å². The topological polar surface area (TPSA) is 16.4 Å². The van der Waals surface area contributed by atoms with Crippen LogP contribution in [0.2, 0.25) is 0 Å². The van der Waals surface area contributed by atoms with Gasteiger partial charge in [-0.05, 0) is 69.2 Å². The minimum absolute atomic E-state index is 0.879. The van der Waals surface area contributed by atoms with Crippen molar-refractivity contribution in [1.29, 1.82) is 0 Å². The third kappa shape index (κ3) is 4.27. The molecule has 0 aliphatic rings. The quantitative estimate of drug-likeness (QED) is 0.186. The lowest BCUT2D eigenvalue weighted by molar-refractivity contribution is 0.670. The van der Waals surface area contributed by atoms with Crippen LogP contribution >= 0.6 is 0 Å². The molecule has 0 radical (unpaired) electrons. The van der Waals surface area contributed by atoms with Gasteiger partial charge < -0.3 is 9.32 Å². The molecule has 0 N–H and O–H groups in total. The molecule has 0 amide bonds. The van der Waals surface area contributed by atoms with Crippen molar-refractivity contribution in [3.8, 4) is 22.3 Å². The molecule has 1 aromatic heterocycles. The molecule has 9 aromatic rings. The van der Waals surface area contributed by atoms with Gasteiger partial charge in [0.05, 0.1) is 16.8 Å². The van der Waals surface area contributed by atoms with Crippen molar-refractivity contribution < 1.29 is 4.42 Å². The molecule has 0 aliphatic heterocycles. The van der Waals surface area contributed by atoms with Crippen LogP contribution in [0.3, 0.4) is 0 Å². The third-order valence-corrected chi connectivity index (χ3v) is 9.07. The van der Waals surface area contributed by atoms with Crippen LogP contribution < -0.4 is 4.90 Å². The van der Waals surface area contributed by atoms with Crippen molar-refractivity contribution >= 4 is 60.5 Å². The molecule has 1 heterocycles. The Kier molecular flexibility index (Phi) is 6.17. The molecular formula is C44H29NO. The van der Waals surface area contributed by atoms with Gasteiger partial charge in [0.25, 0.3) is 0 Å². The van der Waals surface area contributed by atoms with E-state index in [4.69, 9.17) is 4.42 Å². The molecule has 0 unspecified atom stereocenters. The predicted molar refractivity (Wildman–Crippen MR) is 194 cm³/mol. The molecule has 0 fully saturated rings. The lowest BCUT2D eigenvalue weighted by atomic mass is 9.96. The van der Waals surface area contributed by atoms with Gasteiger partial charge in [-0.1, -0.05) is 140 Å². The highest BCUT2D eigenvalue weighted by atomic mass is 16.3. The molecule has 0 saturated heterocycles. The van der Waals surface area contributed by atoms with Gasteiger partial charge in [0.1, 0.15) is 11.2 Å². The van der Waals surface area contributed by atoms with E-state index in [-0.39, 0.29) is 0 Å². The van der Waals surface area contributed by atoms with E-state index in [9.17, 15) is 0 Å². The third-order valence-electron chi connectivity index (χ3n) is 9.07. The summed E-state index contributed by atoms with van der Waals surface area (Å²) < 4.78 is 6.73. The lowest BCUT2D eigenvalue weighted by Gasteiger charge is -2.28. The smallest absolute Gasteiger partial charge is 0.145 e. The predicted octanol–water partition coefficient (Wildman–Crippen LogP) is 12.7. The van der Waals surface area contributed by atoms with Crippen LogP contribution in [0.4, 0.5) is 17.1 Å². The highest BCUT2D eigenvalue weighted by Gasteiger charge is 2.23. The maximum Gasteiger partial charge on any atom is 0.145 e. The maximum atomic E-state index is 6.73. The highest BCUT2D eigenvalue weighted by Crippen LogP contribution is 2.47. The Morgan fingerprint density at radius 1 is 0.370 bits per heavy atom. The second kappa shape index (κ2) is 10.8. The molecule has 0 aliphatic carbocycles. The molecule has 0 bridgehead atoms. The molecule has 216 valence electrons. The first-order valence-electron chi connectivity index (χ1n) is 15.7. The first-order valence-corrected chi connectivity index (χ1v) is 15.7. The number of hydrogen-bond acceptors (Lipinski definition) is 2. The van der Waals surface area contributed by atoms with Crippen LogP contribution in [0, 0.1) is 0 Å². The van der Waals surface area contributed by atoms with Gasteiger partial charge >= 0.3 is 0 Å². The van der Waals surface area contributed by atoms with Gasteiger partial charge in [0, 0.05) is 22.0 Å². The van der Waals surface area contributed by atoms with Crippen LogP contribution in [0.25, 0.3) is 65.7 Å². The van der Waals surface area contributed by atoms with Crippen LogP contribution in [-0.4, -0.2) is 0 Å². The number of hydrogen-bond donors (Lipinski definition) is 0. The molecule has 46 heavy (non-hydrogen) atoms. The van der Waals surface area contributed by atoms with Crippen molar-refractivity contribution in [2.45, 2.75) is 0 Å². The fourth-order valence-electron chi connectivity index (χ4n) is 6.90. The summed E-state index contributed by atoms with van der Waals surface area (Å²) in [7, 11) is 0. The van der Waals surface area contributed by atoms with E-state index in [1.165, 1.54) is 32.7 Å². The molecule has 8 aromatic carbocycles. The van der Waals surface area contributed by atoms with Gasteiger partial charge in [-0.2, -0.15) is 0 Å². The van der Waals surface area contributed by atoms with E-state index in [0.717, 1.165) is 50.1 Å². The average Bonchev–Trinajstić information content (AvgIpc) is 3.53. The monoisotopic (exact) mass is 587 g/mol. The summed E-state index contributed by atoms with van der Waals surface area (Å²) >= 11 is 0. The van der Waals surface area contributed by atoms with Gasteiger partial charge in [-0.25, -0.2) is 0 Å². The number of benzene rings is 8. The molecule has 2 heteroatoms. The van der Waals surface area contributed by atoms with E-state index in [1.54, 1.807) is 0 Å². The Balaban J connectivity index is 1.30. The number of anilines is 3. The van der Waals surface area contributed by atoms with Gasteiger partial charge in [0.2, 0.25) is 0 Å². The Labute approximate surface area is 267 Å². The molecule has 0 spiro atoms. The molecule has 2 nitrogen and oxygen atoms in total. The minimum atomic E-state index is 0.879. The second-order valence-corrected chi connectivity index (χ2v) is 11.7. The van der Waals surface area contributed by atoms with Crippen LogP contribution in [0.15, 0.2) is 180 Å². The van der Waals surface area contributed by atoms with E-state index < -0.39 is 0 Å². The van der Waals surface area contributed by atoms with Crippen molar-refractivity contribution in [2.75, 3.05) is 4.90 Å². The summed E-state index contributed by atoms with van der Waals surface area (Å²) in [6.07, 6.45) is 0. The van der Waals surface area contributed by atoms with Crippen LogP contribution in [0.5, 0.6) is 0 Å². The zero-order valence-corrected chi connectivity index (χ0v) is 25.1. The summed E-state index contributed by atoms with van der Waals surface area (Å²) in [5, 5.41) is 7.13. The average molecular weight is 588 g/mol. The summed E-state index contributed by atoms with van der Waals surface area (Å²) in [6, 6.07) is 62.6. The van der Waals surface area contributed by atoms with Gasteiger partial charge in [-0.15, -0.1) is 0 Å². The zero-order chi connectivity index (χ0) is 30.5. The Morgan fingerprint density at radius 2 is 1.02 bits per heavy atom. The van der Waals surface area contributed by atoms with Gasteiger partial charge in [-0.3, -0.25) is 0 Å². The highest BCUT2D eigenvalue weighted by molar-refractivity contribution is 6.19. The first-order chi connectivity index (χ1) is 22.8. The van der Waals surface area contributed by atoms with Crippen LogP contribution in [0.1, 0.15) is 0 Å². The standard InChI is InChI=1S/C44H29NO/c1-3-12-30(13-4-1)31-22-24-33(25-23-31)36-28-29-41(43-39-18-9-10-21-42(39)46-44(36)43)45(34-15-5-2-6-16-34)40-20-11-19-37-35-17-8-7-14-32(35)26-27-38(37)40/h1-29H. The molecule has 9 rings (SSSR count). The number of furan rings is 1. The first kappa shape index (κ1) is 26.3. The minimum Gasteiger partial charge on any atom is -0.455 e. The number of para-hydroxylation sites is 2. The summed E-state index contributed by atoms with van der Waals surface area (Å²) in [6.45, 7) is 0.